The van der Waals surface area contributed by atoms with Crippen LogP contribution in [-0.2, 0) is 5.41 Å². The zero-order chi connectivity index (χ0) is 12.4. The standard InChI is InChI=1S/C11H17F2N3/c1-10(2,3)8-5-14-9(15-6-8)16-7-11(4,12)13/h5-6H,7H2,1-4H3,(H,14,15,16). The Morgan fingerprint density at radius 2 is 1.62 bits per heavy atom. The topological polar surface area (TPSA) is 37.8 Å². The van der Waals surface area contributed by atoms with Crippen LogP contribution in [0.15, 0.2) is 12.4 Å². The Balaban J connectivity index is 2.66. The first-order valence-corrected chi connectivity index (χ1v) is 5.13. The Kier molecular flexibility index (Phi) is 3.45. The molecule has 0 spiro atoms. The fraction of sp³-hybridized carbons (Fsp3) is 0.636. The van der Waals surface area contributed by atoms with E-state index < -0.39 is 12.5 Å². The van der Waals surface area contributed by atoms with E-state index in [0.717, 1.165) is 12.5 Å². The highest BCUT2D eigenvalue weighted by Crippen LogP contribution is 2.20. The van der Waals surface area contributed by atoms with Gasteiger partial charge in [-0.3, -0.25) is 0 Å². The maximum absolute atomic E-state index is 12.6. The van der Waals surface area contributed by atoms with Crippen molar-refractivity contribution >= 4 is 5.95 Å². The van der Waals surface area contributed by atoms with Gasteiger partial charge < -0.3 is 5.32 Å². The number of nitrogens with zero attached hydrogens (tertiary/aromatic N) is 2. The van der Waals surface area contributed by atoms with Crippen LogP contribution in [-0.4, -0.2) is 22.4 Å². The van der Waals surface area contributed by atoms with Crippen molar-refractivity contribution in [1.29, 1.82) is 0 Å². The summed E-state index contributed by atoms with van der Waals surface area (Å²) >= 11 is 0. The highest BCUT2D eigenvalue weighted by atomic mass is 19.3. The molecule has 0 aliphatic rings. The van der Waals surface area contributed by atoms with Crippen LogP contribution >= 0.6 is 0 Å². The lowest BCUT2D eigenvalue weighted by atomic mass is 9.89. The summed E-state index contributed by atoms with van der Waals surface area (Å²) in [5, 5.41) is 2.49. The van der Waals surface area contributed by atoms with E-state index in [-0.39, 0.29) is 11.4 Å². The highest BCUT2D eigenvalue weighted by Gasteiger charge is 2.21. The molecule has 0 atom stereocenters. The van der Waals surface area contributed by atoms with Crippen molar-refractivity contribution in [2.75, 3.05) is 11.9 Å². The summed E-state index contributed by atoms with van der Waals surface area (Å²) in [6.07, 6.45) is 3.31. The van der Waals surface area contributed by atoms with Crippen molar-refractivity contribution in [3.05, 3.63) is 18.0 Å². The molecule has 0 saturated carbocycles. The lowest BCUT2D eigenvalue weighted by molar-refractivity contribution is 0.0366. The monoisotopic (exact) mass is 229 g/mol. The molecule has 0 unspecified atom stereocenters. The minimum atomic E-state index is -2.76. The lowest BCUT2D eigenvalue weighted by Crippen LogP contribution is -2.24. The minimum absolute atomic E-state index is 0.0345. The second-order valence-electron chi connectivity index (χ2n) is 4.97. The number of nitrogens with one attached hydrogen (secondary N) is 1. The van der Waals surface area contributed by atoms with Crippen LogP contribution < -0.4 is 5.32 Å². The fourth-order valence-electron chi connectivity index (χ4n) is 1.04. The van der Waals surface area contributed by atoms with Crippen LogP contribution in [0.4, 0.5) is 14.7 Å². The number of halogens is 2. The molecular weight excluding hydrogens is 212 g/mol. The predicted molar refractivity (Wildman–Crippen MR) is 59.8 cm³/mol. The van der Waals surface area contributed by atoms with E-state index in [2.05, 4.69) is 15.3 Å². The first-order valence-electron chi connectivity index (χ1n) is 5.13. The third-order valence-electron chi connectivity index (χ3n) is 2.07. The lowest BCUT2D eigenvalue weighted by Gasteiger charge is -2.18. The van der Waals surface area contributed by atoms with Crippen molar-refractivity contribution < 1.29 is 8.78 Å². The molecule has 3 nitrogen and oxygen atoms in total. The summed E-state index contributed by atoms with van der Waals surface area (Å²) in [7, 11) is 0. The summed E-state index contributed by atoms with van der Waals surface area (Å²) in [6, 6.07) is 0. The van der Waals surface area contributed by atoms with Crippen molar-refractivity contribution in [1.82, 2.24) is 9.97 Å². The van der Waals surface area contributed by atoms with E-state index >= 15 is 0 Å². The number of hydrogen-bond donors (Lipinski definition) is 1. The predicted octanol–water partition coefficient (Wildman–Crippen LogP) is 2.84. The van der Waals surface area contributed by atoms with Gasteiger partial charge in [0.15, 0.2) is 0 Å². The summed E-state index contributed by atoms with van der Waals surface area (Å²) in [5.74, 6) is -2.53. The molecule has 0 aliphatic carbocycles. The van der Waals surface area contributed by atoms with Crippen LogP contribution in [0.5, 0.6) is 0 Å². The van der Waals surface area contributed by atoms with Gasteiger partial charge in [0.25, 0.3) is 5.92 Å². The molecule has 0 aromatic carbocycles. The molecule has 0 bridgehead atoms. The SMILES string of the molecule is CC(F)(F)CNc1ncc(C(C)(C)C)cn1. The largest absolute Gasteiger partial charge is 0.348 e. The number of aromatic nitrogens is 2. The van der Waals surface area contributed by atoms with Crippen LogP contribution in [0.2, 0.25) is 0 Å². The highest BCUT2D eigenvalue weighted by molar-refractivity contribution is 5.27. The maximum Gasteiger partial charge on any atom is 0.262 e. The van der Waals surface area contributed by atoms with Gasteiger partial charge in [0.1, 0.15) is 0 Å². The zero-order valence-corrected chi connectivity index (χ0v) is 10.0. The van der Waals surface area contributed by atoms with Crippen LogP contribution in [0, 0.1) is 0 Å². The van der Waals surface area contributed by atoms with Crippen LogP contribution in [0.25, 0.3) is 0 Å². The summed E-state index contributed by atoms with van der Waals surface area (Å²) in [6.45, 7) is 6.52. The first-order chi connectivity index (χ1) is 7.18. The van der Waals surface area contributed by atoms with Gasteiger partial charge in [-0.15, -0.1) is 0 Å². The van der Waals surface area contributed by atoms with E-state index in [1.165, 1.54) is 0 Å². The molecule has 16 heavy (non-hydrogen) atoms. The Morgan fingerprint density at radius 1 is 1.12 bits per heavy atom. The first kappa shape index (κ1) is 12.8. The number of anilines is 1. The van der Waals surface area contributed by atoms with Gasteiger partial charge in [0, 0.05) is 19.3 Å². The van der Waals surface area contributed by atoms with E-state index in [1.807, 2.05) is 20.8 Å². The second-order valence-corrected chi connectivity index (χ2v) is 4.97. The molecule has 1 aromatic rings. The van der Waals surface area contributed by atoms with Crippen LogP contribution in [0.1, 0.15) is 33.3 Å². The van der Waals surface area contributed by atoms with Gasteiger partial charge in [-0.2, -0.15) is 0 Å². The molecule has 90 valence electrons. The minimum Gasteiger partial charge on any atom is -0.348 e. The molecule has 0 saturated heterocycles. The molecule has 1 rings (SSSR count). The van der Waals surface area contributed by atoms with Gasteiger partial charge in [-0.25, -0.2) is 18.7 Å². The summed E-state index contributed by atoms with van der Waals surface area (Å²) < 4.78 is 25.1. The summed E-state index contributed by atoms with van der Waals surface area (Å²) in [5.41, 5.74) is 0.939. The normalized spacial score (nSPS) is 12.6. The summed E-state index contributed by atoms with van der Waals surface area (Å²) in [4.78, 5) is 7.99. The Bertz CT molecular complexity index is 336. The number of rotatable bonds is 3. The molecule has 1 heterocycles. The van der Waals surface area contributed by atoms with Crippen molar-refractivity contribution in [2.24, 2.45) is 0 Å². The van der Waals surface area contributed by atoms with E-state index in [0.29, 0.717) is 0 Å². The quantitative estimate of drug-likeness (QED) is 0.866. The average Bonchev–Trinajstić information content (AvgIpc) is 2.13. The second kappa shape index (κ2) is 4.31. The molecule has 1 N–H and O–H groups in total. The number of alkyl halides is 2. The Hall–Kier alpha value is -1.26. The zero-order valence-electron chi connectivity index (χ0n) is 10.0. The third kappa shape index (κ3) is 4.08. The molecule has 0 radical (unpaired) electrons. The van der Waals surface area contributed by atoms with Gasteiger partial charge in [0.05, 0.1) is 6.54 Å². The fourth-order valence-corrected chi connectivity index (χ4v) is 1.04. The van der Waals surface area contributed by atoms with E-state index in [9.17, 15) is 8.78 Å². The Morgan fingerprint density at radius 3 is 2.00 bits per heavy atom. The van der Waals surface area contributed by atoms with Crippen molar-refractivity contribution in [3.63, 3.8) is 0 Å². The van der Waals surface area contributed by atoms with Gasteiger partial charge in [-0.05, 0) is 11.0 Å². The Labute approximate surface area is 94.3 Å². The van der Waals surface area contributed by atoms with Gasteiger partial charge in [0.2, 0.25) is 5.95 Å². The third-order valence-corrected chi connectivity index (χ3v) is 2.07. The molecule has 0 fully saturated rings. The van der Waals surface area contributed by atoms with Gasteiger partial charge in [-0.1, -0.05) is 20.8 Å². The smallest absolute Gasteiger partial charge is 0.262 e. The number of hydrogen-bond acceptors (Lipinski definition) is 3. The van der Waals surface area contributed by atoms with E-state index in [4.69, 9.17) is 0 Å². The molecule has 5 heteroatoms. The van der Waals surface area contributed by atoms with Crippen LogP contribution in [0.3, 0.4) is 0 Å². The van der Waals surface area contributed by atoms with Crippen molar-refractivity contribution in [2.45, 2.75) is 39.0 Å². The average molecular weight is 229 g/mol. The molecule has 1 aromatic heterocycles. The molecule has 0 amide bonds. The maximum atomic E-state index is 12.6. The van der Waals surface area contributed by atoms with Gasteiger partial charge >= 0.3 is 0 Å². The molecule has 0 aliphatic heterocycles. The van der Waals surface area contributed by atoms with E-state index in [1.54, 1.807) is 12.4 Å². The van der Waals surface area contributed by atoms with Crippen molar-refractivity contribution in [3.8, 4) is 0 Å². The molecular formula is C11H17F2N3.